The fourth-order valence-corrected chi connectivity index (χ4v) is 2.65. The second-order valence-corrected chi connectivity index (χ2v) is 5.95. The van der Waals surface area contributed by atoms with Crippen LogP contribution in [0.15, 0.2) is 48.5 Å². The van der Waals surface area contributed by atoms with E-state index in [4.69, 9.17) is 28.9 Å². The van der Waals surface area contributed by atoms with Crippen LogP contribution in [0.2, 0.25) is 10.0 Å². The summed E-state index contributed by atoms with van der Waals surface area (Å²) >= 11 is 12.0. The number of hydrogen-bond donors (Lipinski definition) is 1. The van der Waals surface area contributed by atoms with Gasteiger partial charge >= 0.3 is 0 Å². The van der Waals surface area contributed by atoms with Gasteiger partial charge in [-0.2, -0.15) is 0 Å². The van der Waals surface area contributed by atoms with Crippen LogP contribution in [0.4, 0.5) is 0 Å². The summed E-state index contributed by atoms with van der Waals surface area (Å²) in [6, 6.07) is 14.5. The summed E-state index contributed by atoms with van der Waals surface area (Å²) in [6.45, 7) is 1.85. The van der Waals surface area contributed by atoms with Gasteiger partial charge in [-0.05, 0) is 23.3 Å². The van der Waals surface area contributed by atoms with Crippen LogP contribution >= 0.6 is 23.2 Å². The Bertz CT molecular complexity index is 628. The average molecular weight is 322 g/mol. The Morgan fingerprint density at radius 2 is 1.81 bits per heavy atom. The zero-order chi connectivity index (χ0) is 15.4. The summed E-state index contributed by atoms with van der Waals surface area (Å²) in [4.78, 5) is 12.4. The Hall–Kier alpha value is -1.35. The number of ketones is 1. The maximum absolute atomic E-state index is 12.4. The van der Waals surface area contributed by atoms with Crippen molar-refractivity contribution in [3.8, 4) is 0 Å². The molecule has 0 radical (unpaired) electrons. The highest BCUT2D eigenvalue weighted by atomic mass is 35.5. The van der Waals surface area contributed by atoms with Gasteiger partial charge in [0.2, 0.25) is 0 Å². The molecule has 0 heterocycles. The smallest absolute Gasteiger partial charge is 0.142 e. The van der Waals surface area contributed by atoms with Gasteiger partial charge in [0.05, 0.1) is 0 Å². The predicted molar refractivity (Wildman–Crippen MR) is 87.7 cm³/mol. The topological polar surface area (TPSA) is 43.1 Å². The summed E-state index contributed by atoms with van der Waals surface area (Å²) in [5, 5.41) is 1.07. The highest BCUT2D eigenvalue weighted by molar-refractivity contribution is 6.35. The van der Waals surface area contributed by atoms with Gasteiger partial charge in [-0.1, -0.05) is 66.5 Å². The molecule has 110 valence electrons. The molecule has 2 nitrogen and oxygen atoms in total. The first-order valence-corrected chi connectivity index (χ1v) is 7.52. The van der Waals surface area contributed by atoms with E-state index in [1.54, 1.807) is 18.2 Å². The van der Waals surface area contributed by atoms with Crippen LogP contribution in [0.5, 0.6) is 0 Å². The van der Waals surface area contributed by atoms with Gasteiger partial charge in [-0.3, -0.25) is 4.79 Å². The van der Waals surface area contributed by atoms with Crippen molar-refractivity contribution in [3.63, 3.8) is 0 Å². The Kier molecular flexibility index (Phi) is 5.40. The Balaban J connectivity index is 2.09. The number of halogens is 2. The zero-order valence-corrected chi connectivity index (χ0v) is 13.2. The monoisotopic (exact) mass is 321 g/mol. The first-order valence-electron chi connectivity index (χ1n) is 6.76. The molecule has 0 saturated heterocycles. The Morgan fingerprint density at radius 3 is 2.43 bits per heavy atom. The lowest BCUT2D eigenvalue weighted by molar-refractivity contribution is -0.122. The molecule has 0 aromatic heterocycles. The Morgan fingerprint density at radius 1 is 1.14 bits per heavy atom. The minimum absolute atomic E-state index is 0.0653. The van der Waals surface area contributed by atoms with Crippen molar-refractivity contribution in [2.75, 3.05) is 0 Å². The van der Waals surface area contributed by atoms with E-state index in [1.807, 2.05) is 37.3 Å². The third kappa shape index (κ3) is 4.07. The van der Waals surface area contributed by atoms with Crippen molar-refractivity contribution in [2.45, 2.75) is 19.4 Å². The van der Waals surface area contributed by atoms with Crippen LogP contribution in [0.25, 0.3) is 0 Å². The molecule has 2 N–H and O–H groups in total. The largest absolute Gasteiger partial charge is 0.323 e. The van der Waals surface area contributed by atoms with Crippen LogP contribution in [-0.2, 0) is 11.2 Å². The number of carbonyl (C=O) groups is 1. The fraction of sp³-hybridized carbons (Fsp3) is 0.235. The molecule has 0 aliphatic rings. The van der Waals surface area contributed by atoms with E-state index in [-0.39, 0.29) is 24.2 Å². The lowest BCUT2D eigenvalue weighted by Crippen LogP contribution is -2.27. The zero-order valence-electron chi connectivity index (χ0n) is 11.7. The van der Waals surface area contributed by atoms with E-state index in [2.05, 4.69) is 0 Å². The van der Waals surface area contributed by atoms with Crippen LogP contribution in [-0.4, -0.2) is 5.78 Å². The molecule has 0 amide bonds. The minimum atomic E-state index is -0.315. The van der Waals surface area contributed by atoms with Gasteiger partial charge in [0, 0.05) is 28.4 Å². The highest BCUT2D eigenvalue weighted by Crippen LogP contribution is 2.25. The van der Waals surface area contributed by atoms with Gasteiger partial charge < -0.3 is 5.73 Å². The molecule has 21 heavy (non-hydrogen) atoms. The summed E-state index contributed by atoms with van der Waals surface area (Å²) in [6.07, 6.45) is 0.262. The average Bonchev–Trinajstić information content (AvgIpc) is 2.49. The van der Waals surface area contributed by atoms with Crippen molar-refractivity contribution in [1.29, 1.82) is 0 Å². The molecule has 2 aromatic rings. The van der Waals surface area contributed by atoms with Crippen molar-refractivity contribution < 1.29 is 4.79 Å². The van der Waals surface area contributed by atoms with Crippen molar-refractivity contribution in [1.82, 2.24) is 0 Å². The highest BCUT2D eigenvalue weighted by Gasteiger charge is 2.22. The molecule has 0 spiro atoms. The second-order valence-electron chi connectivity index (χ2n) is 5.10. The van der Waals surface area contributed by atoms with Crippen molar-refractivity contribution in [2.24, 2.45) is 11.7 Å². The number of benzene rings is 2. The van der Waals surface area contributed by atoms with Gasteiger partial charge in [0.25, 0.3) is 0 Å². The fourth-order valence-electron chi connectivity index (χ4n) is 2.18. The van der Waals surface area contributed by atoms with Crippen LogP contribution < -0.4 is 5.73 Å². The van der Waals surface area contributed by atoms with E-state index in [9.17, 15) is 4.79 Å². The molecule has 0 fully saturated rings. The lowest BCUT2D eigenvalue weighted by atomic mass is 9.89. The summed E-state index contributed by atoms with van der Waals surface area (Å²) in [5.41, 5.74) is 7.92. The van der Waals surface area contributed by atoms with E-state index in [0.29, 0.717) is 10.0 Å². The third-order valence-electron chi connectivity index (χ3n) is 3.61. The summed E-state index contributed by atoms with van der Waals surface area (Å²) in [7, 11) is 0. The van der Waals surface area contributed by atoms with E-state index >= 15 is 0 Å². The first kappa shape index (κ1) is 16.0. The van der Waals surface area contributed by atoms with E-state index in [0.717, 1.165) is 11.1 Å². The number of rotatable bonds is 5. The quantitative estimate of drug-likeness (QED) is 0.884. The molecule has 2 rings (SSSR count). The minimum Gasteiger partial charge on any atom is -0.323 e. The van der Waals surface area contributed by atoms with Gasteiger partial charge in [-0.15, -0.1) is 0 Å². The maximum Gasteiger partial charge on any atom is 0.142 e. The number of hydrogen-bond acceptors (Lipinski definition) is 2. The van der Waals surface area contributed by atoms with Crippen LogP contribution in [0.3, 0.4) is 0 Å². The third-order valence-corrected chi connectivity index (χ3v) is 4.20. The first-order chi connectivity index (χ1) is 9.99. The summed E-state index contributed by atoms with van der Waals surface area (Å²) in [5.74, 6) is -0.213. The van der Waals surface area contributed by atoms with Crippen LogP contribution in [0, 0.1) is 5.92 Å². The molecule has 0 aliphatic heterocycles. The maximum atomic E-state index is 12.4. The molecule has 2 aromatic carbocycles. The molecule has 0 aliphatic carbocycles. The SMILES string of the molecule is CC(C(=O)Cc1ccc(Cl)cc1Cl)C(N)c1ccccc1. The second kappa shape index (κ2) is 7.08. The predicted octanol–water partition coefficient (Wildman–Crippen LogP) is 4.44. The molecule has 2 atom stereocenters. The van der Waals surface area contributed by atoms with E-state index in [1.165, 1.54) is 0 Å². The van der Waals surface area contributed by atoms with Crippen LogP contribution in [0.1, 0.15) is 24.1 Å². The number of carbonyl (C=O) groups excluding carboxylic acids is 1. The van der Waals surface area contributed by atoms with Crippen molar-refractivity contribution in [3.05, 3.63) is 69.7 Å². The van der Waals surface area contributed by atoms with Gasteiger partial charge in [-0.25, -0.2) is 0 Å². The van der Waals surface area contributed by atoms with Gasteiger partial charge in [0.1, 0.15) is 5.78 Å². The van der Waals surface area contributed by atoms with E-state index < -0.39 is 0 Å². The summed E-state index contributed by atoms with van der Waals surface area (Å²) < 4.78 is 0. The molecule has 4 heteroatoms. The number of Topliss-reactive ketones (excluding diaryl/α,β-unsaturated/α-hetero) is 1. The van der Waals surface area contributed by atoms with Crippen molar-refractivity contribution >= 4 is 29.0 Å². The van der Waals surface area contributed by atoms with Gasteiger partial charge in [0.15, 0.2) is 0 Å². The lowest BCUT2D eigenvalue weighted by Gasteiger charge is -2.19. The molecule has 0 saturated carbocycles. The molecule has 2 unspecified atom stereocenters. The normalized spacial score (nSPS) is 13.7. The Labute approximate surface area is 134 Å². The molecular formula is C17H17Cl2NO. The standard InChI is InChI=1S/C17H17Cl2NO/c1-11(17(20)12-5-3-2-4-6-12)16(21)9-13-7-8-14(18)10-15(13)19/h2-8,10-11,17H,9,20H2,1H3. The molecular weight excluding hydrogens is 305 g/mol. The molecule has 0 bridgehead atoms. The number of nitrogens with two attached hydrogens (primary N) is 1.